The first-order valence-corrected chi connectivity index (χ1v) is 26.7. The van der Waals surface area contributed by atoms with Gasteiger partial charge in [0, 0.05) is 0 Å². The highest BCUT2D eigenvalue weighted by Crippen LogP contribution is 2.47. The maximum atomic E-state index is 8.90. The zero-order valence-corrected chi connectivity index (χ0v) is 42.3. The van der Waals surface area contributed by atoms with E-state index in [2.05, 4.69) is 249 Å². The van der Waals surface area contributed by atoms with Gasteiger partial charge in [0.25, 0.3) is 0 Å². The predicted octanol–water partition coefficient (Wildman–Crippen LogP) is 22.1. The van der Waals surface area contributed by atoms with Crippen molar-refractivity contribution in [1.29, 1.82) is 0 Å². The van der Waals surface area contributed by atoms with Crippen molar-refractivity contribution in [2.75, 3.05) is 0 Å². The molecule has 0 saturated carbocycles. The second-order valence-electron chi connectivity index (χ2n) is 20.7. The van der Waals surface area contributed by atoms with Crippen LogP contribution in [0.1, 0.15) is 6.85 Å². The van der Waals surface area contributed by atoms with E-state index in [4.69, 9.17) is 6.85 Å². The average molecular weight is 990 g/mol. The molecule has 0 aliphatic rings. The number of fused-ring (bicyclic) bond motifs is 4. The Hall–Kier alpha value is -10.1. The van der Waals surface area contributed by atoms with Crippen LogP contribution in [-0.4, -0.2) is 0 Å². The molecule has 0 spiro atoms. The molecule has 78 heavy (non-hydrogen) atoms. The molecule has 0 amide bonds. The Kier molecular flexibility index (Phi) is 8.94. The van der Waals surface area contributed by atoms with Crippen LogP contribution in [0.15, 0.2) is 291 Å². The summed E-state index contributed by atoms with van der Waals surface area (Å²) in [6.45, 7) is 0. The minimum atomic E-state index is -0.395. The van der Waals surface area contributed by atoms with E-state index in [1.807, 2.05) is 12.1 Å². The molecule has 17 rings (SSSR count). The fourth-order valence-corrected chi connectivity index (χ4v) is 13.0. The molecule has 0 aliphatic heterocycles. The summed E-state index contributed by atoms with van der Waals surface area (Å²) in [5.41, 5.74) is 9.84. The highest BCUT2D eigenvalue weighted by atomic mass is 14.2. The third-order valence-corrected chi connectivity index (χ3v) is 16.4. The molecular weight excluding hydrogens is 937 g/mol. The Labute approximate surface area is 459 Å². The average Bonchev–Trinajstić information content (AvgIpc) is 2.05. The Morgan fingerprint density at radius 1 is 0.192 bits per heavy atom. The quantitative estimate of drug-likeness (QED) is 0.119. The molecule has 0 fully saturated rings. The van der Waals surface area contributed by atoms with Crippen LogP contribution in [0.25, 0.3) is 163 Å². The number of hydrogen-bond acceptors (Lipinski definition) is 0. The van der Waals surface area contributed by atoms with E-state index in [9.17, 15) is 0 Å². The predicted molar refractivity (Wildman–Crippen MR) is 337 cm³/mol. The molecule has 0 nitrogen and oxygen atoms in total. The fraction of sp³-hybridized carbons (Fsp3) is 0. The molecule has 0 aromatic heterocycles. The van der Waals surface area contributed by atoms with Crippen molar-refractivity contribution in [1.82, 2.24) is 0 Å². The van der Waals surface area contributed by atoms with Crippen molar-refractivity contribution in [2.45, 2.75) is 0 Å². The van der Waals surface area contributed by atoms with Gasteiger partial charge in [-0.1, -0.05) is 267 Å². The SMILES string of the molecule is [2H]c1c([2H])c([2H])c(-c2cc(-c3ccc4ccc5cccc6ccc3c4c56)cc(-c3ccc4ccc5cccc6ccc3c4c56)c2)c([2H])c1[2H].c1ccc2cc(-c3c4ccccc4c(-c4cccc5ccccc45)c4ccccc34)ccc2c1. The monoisotopic (exact) mass is 989 g/mol. The number of rotatable bonds is 5. The van der Waals surface area contributed by atoms with Crippen molar-refractivity contribution in [3.63, 3.8) is 0 Å². The van der Waals surface area contributed by atoms with Gasteiger partial charge in [0.2, 0.25) is 0 Å². The molecule has 0 radical (unpaired) electrons. The van der Waals surface area contributed by atoms with Gasteiger partial charge in [0.05, 0.1) is 6.85 Å². The van der Waals surface area contributed by atoms with Gasteiger partial charge >= 0.3 is 0 Å². The zero-order chi connectivity index (χ0) is 55.6. The van der Waals surface area contributed by atoms with Gasteiger partial charge in [0.1, 0.15) is 0 Å². The lowest BCUT2D eigenvalue weighted by Crippen LogP contribution is -1.91. The molecule has 360 valence electrons. The Morgan fingerprint density at radius 2 is 0.590 bits per heavy atom. The minimum Gasteiger partial charge on any atom is -0.0622 e. The molecule has 17 aromatic carbocycles. The van der Waals surface area contributed by atoms with Gasteiger partial charge in [-0.2, -0.15) is 0 Å². The lowest BCUT2D eigenvalue weighted by atomic mass is 9.84. The Morgan fingerprint density at radius 3 is 1.15 bits per heavy atom. The molecule has 17 aromatic rings. The summed E-state index contributed by atoms with van der Waals surface area (Å²) in [4.78, 5) is 0. The lowest BCUT2D eigenvalue weighted by Gasteiger charge is -2.19. The summed E-state index contributed by atoms with van der Waals surface area (Å²) in [5.74, 6) is 0. The van der Waals surface area contributed by atoms with Crippen LogP contribution in [0.3, 0.4) is 0 Å². The van der Waals surface area contributed by atoms with E-state index in [1.165, 1.54) is 108 Å². The zero-order valence-electron chi connectivity index (χ0n) is 47.3. The van der Waals surface area contributed by atoms with Crippen LogP contribution in [0.2, 0.25) is 0 Å². The molecule has 0 saturated heterocycles. The molecule has 0 aliphatic carbocycles. The van der Waals surface area contributed by atoms with Gasteiger partial charge in [-0.05, 0) is 188 Å². The first kappa shape index (κ1) is 39.3. The first-order valence-electron chi connectivity index (χ1n) is 29.2. The van der Waals surface area contributed by atoms with Gasteiger partial charge in [-0.3, -0.25) is 0 Å². The van der Waals surface area contributed by atoms with E-state index in [0.717, 1.165) is 43.8 Å². The molecule has 0 bridgehead atoms. The molecular formula is C78H48. The van der Waals surface area contributed by atoms with Crippen LogP contribution in [0.4, 0.5) is 0 Å². The summed E-state index contributed by atoms with van der Waals surface area (Å²) < 4.78 is 43.0. The summed E-state index contributed by atoms with van der Waals surface area (Å²) in [6, 6.07) is 92.1. The molecule has 0 atom stereocenters. The van der Waals surface area contributed by atoms with Crippen molar-refractivity contribution in [3.05, 3.63) is 291 Å². The lowest BCUT2D eigenvalue weighted by molar-refractivity contribution is 1.59. The maximum Gasteiger partial charge on any atom is 0.0629 e. The summed E-state index contributed by atoms with van der Waals surface area (Å²) in [5, 5.41) is 24.4. The Bertz CT molecular complexity index is 5230. The highest BCUT2D eigenvalue weighted by molar-refractivity contribution is 6.28. The van der Waals surface area contributed by atoms with E-state index in [0.29, 0.717) is 5.56 Å². The van der Waals surface area contributed by atoms with E-state index >= 15 is 0 Å². The maximum absolute atomic E-state index is 8.90. The summed E-state index contributed by atoms with van der Waals surface area (Å²) >= 11 is 0. The third-order valence-electron chi connectivity index (χ3n) is 16.4. The fourth-order valence-electron chi connectivity index (χ4n) is 13.0. The highest BCUT2D eigenvalue weighted by Gasteiger charge is 2.20. The van der Waals surface area contributed by atoms with Crippen molar-refractivity contribution < 1.29 is 6.85 Å². The van der Waals surface area contributed by atoms with Crippen molar-refractivity contribution in [2.24, 2.45) is 0 Å². The standard InChI is InChI=1S/C44H26.C34H22/c1-2-6-27(7-3-1)34-24-35(37-20-16-32-14-12-28-8-4-10-30-18-22-39(37)43(32)41(28)30)26-36(25-34)38-21-17-33-15-13-29-9-5-11-31-19-23-40(38)44(33)42(29)31;1-2-12-25-22-26(21-20-23(25)10-1)33-29-15-5-7-17-31(29)34(32-18-8-6-16-30(32)33)28-19-9-13-24-11-3-4-14-27(24)28/h1-26H;1-22H/i1D,2D,3D,6D,7D;. The van der Waals surface area contributed by atoms with Crippen LogP contribution in [0, 0.1) is 0 Å². The normalized spacial score (nSPS) is 12.7. The largest absolute Gasteiger partial charge is 0.0629 e. The Balaban J connectivity index is 0.000000145. The van der Waals surface area contributed by atoms with E-state index in [-0.39, 0.29) is 29.7 Å². The topological polar surface area (TPSA) is 0 Å². The molecule has 0 heterocycles. The first-order chi connectivity index (χ1) is 40.8. The molecule has 0 heteroatoms. The van der Waals surface area contributed by atoms with Gasteiger partial charge in [-0.15, -0.1) is 0 Å². The van der Waals surface area contributed by atoms with E-state index < -0.39 is 6.04 Å². The van der Waals surface area contributed by atoms with Crippen LogP contribution in [0.5, 0.6) is 0 Å². The number of hydrogen-bond donors (Lipinski definition) is 0. The van der Waals surface area contributed by atoms with Gasteiger partial charge in [0.15, 0.2) is 0 Å². The van der Waals surface area contributed by atoms with Crippen molar-refractivity contribution >= 4 is 108 Å². The van der Waals surface area contributed by atoms with Crippen molar-refractivity contribution in [3.8, 4) is 55.6 Å². The second kappa shape index (κ2) is 17.7. The molecule has 0 N–H and O–H groups in total. The van der Waals surface area contributed by atoms with Gasteiger partial charge < -0.3 is 0 Å². The smallest absolute Gasteiger partial charge is 0.0622 e. The van der Waals surface area contributed by atoms with Crippen LogP contribution < -0.4 is 0 Å². The molecule has 0 unspecified atom stereocenters. The number of benzene rings is 17. The van der Waals surface area contributed by atoms with E-state index in [1.54, 1.807) is 0 Å². The van der Waals surface area contributed by atoms with Gasteiger partial charge in [-0.25, -0.2) is 0 Å². The minimum absolute atomic E-state index is 0.199. The third kappa shape index (κ3) is 7.01. The van der Waals surface area contributed by atoms with Crippen LogP contribution in [-0.2, 0) is 0 Å². The summed E-state index contributed by atoms with van der Waals surface area (Å²) in [6.07, 6.45) is 0. The van der Waals surface area contributed by atoms with Crippen LogP contribution >= 0.6 is 0 Å². The second-order valence-corrected chi connectivity index (χ2v) is 20.7. The summed E-state index contributed by atoms with van der Waals surface area (Å²) in [7, 11) is 0.